The van der Waals surface area contributed by atoms with Crippen LogP contribution in [0.3, 0.4) is 0 Å². The number of allylic oxidation sites excluding steroid dienone is 2. The minimum atomic E-state index is -0.764. The molecule has 6 nitrogen and oxygen atoms in total. The van der Waals surface area contributed by atoms with Crippen LogP contribution < -0.4 is 0 Å². The molecule has 0 aliphatic heterocycles. The summed E-state index contributed by atoms with van der Waals surface area (Å²) in [5.74, 6) is -0.826. The van der Waals surface area contributed by atoms with Crippen molar-refractivity contribution in [2.75, 3.05) is 13.2 Å². The zero-order chi connectivity index (χ0) is 58.5. The zero-order valence-electron chi connectivity index (χ0n) is 55.4. The summed E-state index contributed by atoms with van der Waals surface area (Å²) in [5.41, 5.74) is 0. The van der Waals surface area contributed by atoms with Gasteiger partial charge in [0.1, 0.15) is 13.2 Å². The third-order valence-corrected chi connectivity index (χ3v) is 17.3. The molecule has 0 N–H and O–H groups in total. The van der Waals surface area contributed by atoms with Crippen LogP contribution in [0.4, 0.5) is 0 Å². The average Bonchev–Trinajstić information content (AvgIpc) is 3.47. The molecule has 0 saturated heterocycles. The molecule has 0 amide bonds. The van der Waals surface area contributed by atoms with Crippen LogP contribution in [-0.2, 0) is 28.6 Å². The van der Waals surface area contributed by atoms with Crippen LogP contribution in [0, 0.1) is 0 Å². The molecule has 81 heavy (non-hydrogen) atoms. The van der Waals surface area contributed by atoms with E-state index in [2.05, 4.69) is 32.9 Å². The lowest BCUT2D eigenvalue weighted by Crippen LogP contribution is -2.30. The molecule has 6 heteroatoms. The summed E-state index contributed by atoms with van der Waals surface area (Å²) in [7, 11) is 0. The summed E-state index contributed by atoms with van der Waals surface area (Å²) >= 11 is 0. The van der Waals surface area contributed by atoms with Crippen LogP contribution in [0.5, 0.6) is 0 Å². The second kappa shape index (κ2) is 70.6. The van der Waals surface area contributed by atoms with Gasteiger partial charge in [-0.15, -0.1) is 0 Å². The quantitative estimate of drug-likeness (QED) is 0.0261. The lowest BCUT2D eigenvalue weighted by Gasteiger charge is -2.18. The minimum Gasteiger partial charge on any atom is -0.462 e. The molecule has 0 aromatic rings. The second-order valence-corrected chi connectivity index (χ2v) is 25.6. The molecule has 0 heterocycles. The van der Waals surface area contributed by atoms with Crippen LogP contribution in [0.25, 0.3) is 0 Å². The second-order valence-electron chi connectivity index (χ2n) is 25.6. The SMILES string of the molecule is CCCCCCCCCC/C=C\CCCCCCCCCCCCCCCCCCCCCCCCCC(=O)OCC(COC(=O)CCCCCCCCCCCCCC)OC(=O)CCCCCCCCCCCCCCCCCC. The van der Waals surface area contributed by atoms with Gasteiger partial charge in [0.2, 0.25) is 0 Å². The summed E-state index contributed by atoms with van der Waals surface area (Å²) in [6.45, 7) is 6.72. The maximum atomic E-state index is 12.9. The summed E-state index contributed by atoms with van der Waals surface area (Å²) < 4.78 is 17.0. The van der Waals surface area contributed by atoms with E-state index < -0.39 is 6.10 Å². The first-order valence-corrected chi connectivity index (χ1v) is 37.2. The third kappa shape index (κ3) is 68.8. The zero-order valence-corrected chi connectivity index (χ0v) is 55.4. The van der Waals surface area contributed by atoms with Gasteiger partial charge in [-0.05, 0) is 44.9 Å². The Morgan fingerprint density at radius 3 is 0.617 bits per heavy atom. The fourth-order valence-electron chi connectivity index (χ4n) is 11.7. The first-order chi connectivity index (χ1) is 40.0. The van der Waals surface area contributed by atoms with Gasteiger partial charge in [0.15, 0.2) is 6.10 Å². The normalized spacial score (nSPS) is 12.0. The van der Waals surface area contributed by atoms with Crippen molar-refractivity contribution in [2.24, 2.45) is 0 Å². The van der Waals surface area contributed by atoms with E-state index in [0.29, 0.717) is 19.3 Å². The number of hydrogen-bond acceptors (Lipinski definition) is 6. The van der Waals surface area contributed by atoms with Gasteiger partial charge in [0, 0.05) is 19.3 Å². The molecule has 0 aromatic heterocycles. The Bertz CT molecular complexity index is 1260. The monoisotopic (exact) mass is 1140 g/mol. The highest BCUT2D eigenvalue weighted by Crippen LogP contribution is 2.19. The Kier molecular flexibility index (Phi) is 69.0. The van der Waals surface area contributed by atoms with E-state index in [-0.39, 0.29) is 31.1 Å². The van der Waals surface area contributed by atoms with E-state index in [9.17, 15) is 14.4 Å². The molecule has 1 unspecified atom stereocenters. The van der Waals surface area contributed by atoms with E-state index in [4.69, 9.17) is 14.2 Å². The number of carbonyl (C=O) groups excluding carboxylic acids is 3. The van der Waals surface area contributed by atoms with Gasteiger partial charge in [-0.1, -0.05) is 380 Å². The largest absolute Gasteiger partial charge is 0.462 e. The molecular formula is C75H144O6. The summed E-state index contributed by atoms with van der Waals surface area (Å²) in [4.78, 5) is 38.4. The first-order valence-electron chi connectivity index (χ1n) is 37.2. The van der Waals surface area contributed by atoms with Gasteiger partial charge in [-0.3, -0.25) is 14.4 Å². The fraction of sp³-hybridized carbons (Fsp3) is 0.933. The van der Waals surface area contributed by atoms with Crippen molar-refractivity contribution < 1.29 is 28.6 Å². The summed E-state index contributed by atoms with van der Waals surface area (Å²) in [6.07, 6.45) is 85.6. The van der Waals surface area contributed by atoms with Crippen molar-refractivity contribution in [2.45, 2.75) is 438 Å². The average molecular weight is 1140 g/mol. The third-order valence-electron chi connectivity index (χ3n) is 17.3. The van der Waals surface area contributed by atoms with Crippen molar-refractivity contribution in [1.82, 2.24) is 0 Å². The molecule has 0 radical (unpaired) electrons. The molecule has 0 bridgehead atoms. The maximum Gasteiger partial charge on any atom is 0.306 e. The molecular weight excluding hydrogens is 997 g/mol. The van der Waals surface area contributed by atoms with Crippen LogP contribution in [-0.4, -0.2) is 37.2 Å². The van der Waals surface area contributed by atoms with Crippen molar-refractivity contribution in [3.8, 4) is 0 Å². The maximum absolute atomic E-state index is 12.9. The van der Waals surface area contributed by atoms with E-state index in [1.54, 1.807) is 0 Å². The Balaban J connectivity index is 4.01. The summed E-state index contributed by atoms with van der Waals surface area (Å²) in [6, 6.07) is 0. The van der Waals surface area contributed by atoms with Crippen LogP contribution in [0.2, 0.25) is 0 Å². The number of hydrogen-bond donors (Lipinski definition) is 0. The lowest BCUT2D eigenvalue weighted by atomic mass is 10.0. The Morgan fingerprint density at radius 2 is 0.407 bits per heavy atom. The Labute approximate surface area is 507 Å². The van der Waals surface area contributed by atoms with E-state index in [1.165, 1.54) is 334 Å². The highest BCUT2D eigenvalue weighted by atomic mass is 16.6. The first kappa shape index (κ1) is 79.2. The van der Waals surface area contributed by atoms with Crippen LogP contribution >= 0.6 is 0 Å². The van der Waals surface area contributed by atoms with Gasteiger partial charge in [0.05, 0.1) is 0 Å². The van der Waals surface area contributed by atoms with Crippen molar-refractivity contribution in [3.05, 3.63) is 12.2 Å². The van der Waals surface area contributed by atoms with Crippen molar-refractivity contribution in [3.63, 3.8) is 0 Å². The highest BCUT2D eigenvalue weighted by Gasteiger charge is 2.20. The standard InChI is InChI=1S/C75H144O6/c1-4-7-10-13-16-19-22-25-27-29-30-31-32-33-34-35-36-37-38-39-40-41-42-43-44-45-46-47-49-50-53-56-59-62-65-68-74(77)80-71-72(70-79-73(76)67-64-61-58-55-52-24-21-18-15-12-9-6-3)81-75(78)69-66-63-60-57-54-51-48-28-26-23-20-17-14-11-8-5-2/h29-30,72H,4-28,31-71H2,1-3H3/b30-29-. The number of carbonyl (C=O) groups is 3. The molecule has 0 fully saturated rings. The number of rotatable bonds is 70. The molecule has 0 aliphatic rings. The predicted octanol–water partition coefficient (Wildman–Crippen LogP) is 25.6. The summed E-state index contributed by atoms with van der Waals surface area (Å²) in [5, 5.41) is 0. The highest BCUT2D eigenvalue weighted by molar-refractivity contribution is 5.71. The minimum absolute atomic E-state index is 0.0616. The topological polar surface area (TPSA) is 78.9 Å². The predicted molar refractivity (Wildman–Crippen MR) is 353 cm³/mol. The molecule has 0 aromatic carbocycles. The number of esters is 3. The van der Waals surface area contributed by atoms with Crippen LogP contribution in [0.15, 0.2) is 12.2 Å². The van der Waals surface area contributed by atoms with Crippen molar-refractivity contribution in [1.29, 1.82) is 0 Å². The van der Waals surface area contributed by atoms with Gasteiger partial charge in [0.25, 0.3) is 0 Å². The molecule has 0 saturated carbocycles. The Morgan fingerprint density at radius 1 is 0.235 bits per heavy atom. The molecule has 480 valence electrons. The van der Waals surface area contributed by atoms with Gasteiger partial charge < -0.3 is 14.2 Å². The lowest BCUT2D eigenvalue weighted by molar-refractivity contribution is -0.167. The molecule has 0 rings (SSSR count). The van der Waals surface area contributed by atoms with Gasteiger partial charge >= 0.3 is 17.9 Å². The molecule has 0 spiro atoms. The smallest absolute Gasteiger partial charge is 0.306 e. The van der Waals surface area contributed by atoms with Crippen LogP contribution in [0.1, 0.15) is 432 Å². The number of ether oxygens (including phenoxy) is 3. The fourth-order valence-corrected chi connectivity index (χ4v) is 11.7. The van der Waals surface area contributed by atoms with E-state index >= 15 is 0 Å². The molecule has 1 atom stereocenters. The number of unbranched alkanes of at least 4 members (excludes halogenated alkanes) is 57. The molecule has 0 aliphatic carbocycles. The van der Waals surface area contributed by atoms with E-state index in [1.807, 2.05) is 0 Å². The van der Waals surface area contributed by atoms with Gasteiger partial charge in [-0.25, -0.2) is 0 Å². The Hall–Kier alpha value is -1.85. The van der Waals surface area contributed by atoms with Gasteiger partial charge in [-0.2, -0.15) is 0 Å². The van der Waals surface area contributed by atoms with E-state index in [0.717, 1.165) is 57.8 Å². The van der Waals surface area contributed by atoms with Crippen molar-refractivity contribution >= 4 is 17.9 Å².